The standard InChI is InChI=1S/C20H26F3NO3/c1-3-8-19(9-4-2)17(27-19)12-15-7-5-6-14(10-15)11-16(25)13-24-18(26)20(21,22)23/h5-7,10,12,16,25H,3-4,8-9,11,13H2,1-2H3,(H,24,26). The van der Waals surface area contributed by atoms with Crippen LogP contribution >= 0.6 is 0 Å². The molecule has 27 heavy (non-hydrogen) atoms. The molecule has 1 amide bonds. The normalized spacial score (nSPS) is 18.1. The van der Waals surface area contributed by atoms with Crippen LogP contribution < -0.4 is 5.32 Å². The first-order valence-corrected chi connectivity index (χ1v) is 9.23. The van der Waals surface area contributed by atoms with Gasteiger partial charge in [-0.2, -0.15) is 13.2 Å². The first-order valence-electron chi connectivity index (χ1n) is 9.23. The van der Waals surface area contributed by atoms with Crippen LogP contribution in [-0.2, 0) is 16.0 Å². The average Bonchev–Trinajstić information content (AvgIpc) is 3.24. The Labute approximate surface area is 157 Å². The lowest BCUT2D eigenvalue weighted by Crippen LogP contribution is -2.41. The number of aliphatic hydroxyl groups is 1. The smallest absolute Gasteiger partial charge is 0.471 e. The van der Waals surface area contributed by atoms with Crippen LogP contribution in [0.25, 0.3) is 6.08 Å². The first-order chi connectivity index (χ1) is 12.7. The Hall–Kier alpha value is -2.02. The molecule has 1 heterocycles. The third-order valence-corrected chi connectivity index (χ3v) is 4.50. The molecule has 1 aromatic rings. The molecule has 1 saturated heterocycles. The highest BCUT2D eigenvalue weighted by Gasteiger charge is 2.50. The van der Waals surface area contributed by atoms with Crippen LogP contribution in [0.4, 0.5) is 13.2 Å². The van der Waals surface area contributed by atoms with E-state index in [9.17, 15) is 23.1 Å². The highest BCUT2D eigenvalue weighted by molar-refractivity contribution is 5.81. The quantitative estimate of drug-likeness (QED) is 0.632. The number of aliphatic hydroxyl groups excluding tert-OH is 1. The summed E-state index contributed by atoms with van der Waals surface area (Å²) in [6.07, 6.45) is 0.0988. The molecule has 0 bridgehead atoms. The number of rotatable bonds is 9. The van der Waals surface area contributed by atoms with Crippen molar-refractivity contribution in [3.05, 3.63) is 41.2 Å². The van der Waals surface area contributed by atoms with Crippen LogP contribution in [0.2, 0.25) is 0 Å². The number of hydrogen-bond acceptors (Lipinski definition) is 3. The van der Waals surface area contributed by atoms with E-state index in [2.05, 4.69) is 13.8 Å². The fourth-order valence-electron chi connectivity index (χ4n) is 3.24. The number of alkyl halides is 3. The Morgan fingerprint density at radius 3 is 2.56 bits per heavy atom. The monoisotopic (exact) mass is 385 g/mol. The fraction of sp³-hybridized carbons (Fsp3) is 0.550. The summed E-state index contributed by atoms with van der Waals surface area (Å²) in [6, 6.07) is 7.40. The number of carbonyl (C=O) groups is 1. The van der Waals surface area contributed by atoms with Gasteiger partial charge in [0, 0.05) is 13.0 Å². The molecule has 2 rings (SSSR count). The Morgan fingerprint density at radius 1 is 1.30 bits per heavy atom. The average molecular weight is 385 g/mol. The maximum absolute atomic E-state index is 12.2. The van der Waals surface area contributed by atoms with Gasteiger partial charge in [0.2, 0.25) is 0 Å². The predicted molar refractivity (Wildman–Crippen MR) is 96.8 cm³/mol. The van der Waals surface area contributed by atoms with E-state index >= 15 is 0 Å². The zero-order valence-corrected chi connectivity index (χ0v) is 15.6. The van der Waals surface area contributed by atoms with Crippen molar-refractivity contribution in [1.82, 2.24) is 5.32 Å². The third kappa shape index (κ3) is 5.99. The topological polar surface area (TPSA) is 61.9 Å². The van der Waals surface area contributed by atoms with Crippen LogP contribution in [0.15, 0.2) is 30.0 Å². The minimum Gasteiger partial charge on any atom is -0.479 e. The lowest BCUT2D eigenvalue weighted by atomic mass is 9.96. The van der Waals surface area contributed by atoms with E-state index < -0.39 is 24.7 Å². The molecule has 7 heteroatoms. The number of halogens is 3. The summed E-state index contributed by atoms with van der Waals surface area (Å²) in [4.78, 5) is 10.8. The van der Waals surface area contributed by atoms with Gasteiger partial charge in [-0.1, -0.05) is 51.0 Å². The van der Waals surface area contributed by atoms with Gasteiger partial charge in [0.05, 0.1) is 6.10 Å². The lowest BCUT2D eigenvalue weighted by Gasteiger charge is -2.13. The molecule has 1 aliphatic rings. The van der Waals surface area contributed by atoms with Gasteiger partial charge in [-0.3, -0.25) is 4.79 Å². The molecule has 1 fully saturated rings. The highest BCUT2D eigenvalue weighted by Crippen LogP contribution is 2.49. The van der Waals surface area contributed by atoms with E-state index in [0.717, 1.165) is 42.6 Å². The SMILES string of the molecule is CCCC1(CCC)OC1=Cc1cccc(CC(O)CNC(=O)C(F)(F)F)c1. The minimum atomic E-state index is -4.94. The summed E-state index contributed by atoms with van der Waals surface area (Å²) >= 11 is 0. The molecule has 150 valence electrons. The first kappa shape index (κ1) is 21.3. The molecular formula is C20H26F3NO3. The summed E-state index contributed by atoms with van der Waals surface area (Å²) in [5.41, 5.74) is 1.54. The van der Waals surface area contributed by atoms with E-state index in [0.29, 0.717) is 0 Å². The van der Waals surface area contributed by atoms with Crippen molar-refractivity contribution in [2.24, 2.45) is 0 Å². The molecule has 1 aromatic carbocycles. The molecule has 0 aromatic heterocycles. The largest absolute Gasteiger partial charge is 0.479 e. The van der Waals surface area contributed by atoms with Crippen molar-refractivity contribution < 1.29 is 27.8 Å². The number of epoxide rings is 1. The molecule has 1 aliphatic heterocycles. The number of amides is 1. The molecule has 0 radical (unpaired) electrons. The lowest BCUT2D eigenvalue weighted by molar-refractivity contribution is -0.173. The van der Waals surface area contributed by atoms with Crippen molar-refractivity contribution in [3.63, 3.8) is 0 Å². The maximum atomic E-state index is 12.2. The van der Waals surface area contributed by atoms with Crippen LogP contribution in [0.3, 0.4) is 0 Å². The Balaban J connectivity index is 1.96. The van der Waals surface area contributed by atoms with Crippen molar-refractivity contribution in [1.29, 1.82) is 0 Å². The second-order valence-electron chi connectivity index (χ2n) is 6.92. The molecule has 4 nitrogen and oxygen atoms in total. The van der Waals surface area contributed by atoms with E-state index in [1.54, 1.807) is 11.4 Å². The van der Waals surface area contributed by atoms with E-state index in [1.165, 1.54) is 0 Å². The second-order valence-corrected chi connectivity index (χ2v) is 6.92. The summed E-state index contributed by atoms with van der Waals surface area (Å²) < 4.78 is 42.4. The number of ether oxygens (including phenoxy) is 1. The van der Waals surface area contributed by atoms with E-state index in [-0.39, 0.29) is 12.0 Å². The van der Waals surface area contributed by atoms with Crippen LogP contribution in [0.5, 0.6) is 0 Å². The van der Waals surface area contributed by atoms with Gasteiger partial charge in [0.1, 0.15) is 5.76 Å². The van der Waals surface area contributed by atoms with Gasteiger partial charge < -0.3 is 15.2 Å². The second kappa shape index (κ2) is 8.78. The van der Waals surface area contributed by atoms with Gasteiger partial charge >= 0.3 is 12.1 Å². The molecule has 1 atom stereocenters. The van der Waals surface area contributed by atoms with Crippen molar-refractivity contribution in [3.8, 4) is 0 Å². The van der Waals surface area contributed by atoms with Crippen LogP contribution in [0.1, 0.15) is 50.7 Å². The number of hydrogen-bond donors (Lipinski definition) is 2. The van der Waals surface area contributed by atoms with Gasteiger partial charge in [0.15, 0.2) is 5.60 Å². The third-order valence-electron chi connectivity index (χ3n) is 4.50. The number of nitrogens with one attached hydrogen (secondary N) is 1. The van der Waals surface area contributed by atoms with Crippen LogP contribution in [0, 0.1) is 0 Å². The summed E-state index contributed by atoms with van der Waals surface area (Å²) in [6.45, 7) is 3.79. The molecule has 2 N–H and O–H groups in total. The predicted octanol–water partition coefficient (Wildman–Crippen LogP) is 3.98. The van der Waals surface area contributed by atoms with Crippen molar-refractivity contribution >= 4 is 12.0 Å². The highest BCUT2D eigenvalue weighted by atomic mass is 19.4. The van der Waals surface area contributed by atoms with Gasteiger partial charge in [-0.15, -0.1) is 0 Å². The van der Waals surface area contributed by atoms with Gasteiger partial charge in [0.25, 0.3) is 0 Å². The number of carbonyl (C=O) groups excluding carboxylic acids is 1. The van der Waals surface area contributed by atoms with Gasteiger partial charge in [-0.05, 0) is 30.0 Å². The minimum absolute atomic E-state index is 0.144. The summed E-state index contributed by atoms with van der Waals surface area (Å²) in [5.74, 6) is -1.09. The van der Waals surface area contributed by atoms with E-state index in [4.69, 9.17) is 4.74 Å². The maximum Gasteiger partial charge on any atom is 0.471 e. The van der Waals surface area contributed by atoms with Crippen molar-refractivity contribution in [2.45, 2.75) is 63.8 Å². The summed E-state index contributed by atoms with van der Waals surface area (Å²) in [5, 5.41) is 11.6. The Morgan fingerprint density at radius 2 is 1.96 bits per heavy atom. The number of benzene rings is 1. The molecule has 1 unspecified atom stereocenters. The van der Waals surface area contributed by atoms with Crippen molar-refractivity contribution in [2.75, 3.05) is 6.54 Å². The Kier molecular flexibility index (Phi) is 6.92. The Bertz CT molecular complexity index is 679. The van der Waals surface area contributed by atoms with E-state index in [1.807, 2.05) is 24.3 Å². The zero-order valence-electron chi connectivity index (χ0n) is 15.6. The van der Waals surface area contributed by atoms with Crippen LogP contribution in [-0.4, -0.2) is 35.4 Å². The summed E-state index contributed by atoms with van der Waals surface area (Å²) in [7, 11) is 0. The molecule has 0 saturated carbocycles. The zero-order chi connectivity index (χ0) is 20.1. The molecule has 0 aliphatic carbocycles. The molecular weight excluding hydrogens is 359 g/mol. The van der Waals surface area contributed by atoms with Gasteiger partial charge in [-0.25, -0.2) is 0 Å². The molecule has 0 spiro atoms. The fourth-order valence-corrected chi connectivity index (χ4v) is 3.24.